The Morgan fingerprint density at radius 1 is 1.19 bits per heavy atom. The van der Waals surface area contributed by atoms with Gasteiger partial charge in [-0.05, 0) is 55.1 Å². The number of nitrogens with zero attached hydrogens (tertiary/aromatic N) is 1. The summed E-state index contributed by atoms with van der Waals surface area (Å²) in [5.41, 5.74) is 1.09. The van der Waals surface area contributed by atoms with E-state index in [-0.39, 0.29) is 11.7 Å². The molecule has 2 aromatic rings. The Bertz CT molecular complexity index is 1100. The smallest absolute Gasteiger partial charge is 0.294 e. The number of carbonyl (C=O) groups excluding carboxylic acids is 3. The molecule has 2 heterocycles. The lowest BCUT2D eigenvalue weighted by Crippen LogP contribution is -2.36. The van der Waals surface area contributed by atoms with Gasteiger partial charge in [0.1, 0.15) is 18.0 Å². The molecule has 1 N–H and O–H groups in total. The molecule has 0 saturated carbocycles. The van der Waals surface area contributed by atoms with Gasteiger partial charge in [0.15, 0.2) is 11.5 Å². The normalized spacial score (nSPS) is 15.9. The quantitative estimate of drug-likeness (QED) is 0.632. The molecule has 3 amide bonds. The summed E-state index contributed by atoms with van der Waals surface area (Å²) in [6.45, 7) is 2.12. The van der Waals surface area contributed by atoms with Crippen molar-refractivity contribution in [3.05, 3.63) is 46.9 Å². The number of hydrogen-bond donors (Lipinski definition) is 1. The number of thioether (sulfide) groups is 1. The van der Waals surface area contributed by atoms with Gasteiger partial charge >= 0.3 is 0 Å². The van der Waals surface area contributed by atoms with Gasteiger partial charge in [-0.15, -0.1) is 0 Å². The second-order valence-corrected chi connectivity index (χ2v) is 7.71. The molecular weight excluding hydrogens is 436 g/mol. The monoisotopic (exact) mass is 456 g/mol. The van der Waals surface area contributed by atoms with Crippen LogP contribution in [0.15, 0.2) is 41.3 Å². The number of carbonyl (C=O) groups is 3. The molecule has 0 bridgehead atoms. The van der Waals surface area contributed by atoms with Crippen molar-refractivity contribution in [2.24, 2.45) is 0 Å². The third-order valence-corrected chi connectivity index (χ3v) is 5.54. The fourth-order valence-corrected chi connectivity index (χ4v) is 3.98. The van der Waals surface area contributed by atoms with Crippen molar-refractivity contribution in [1.29, 1.82) is 0 Å². The summed E-state index contributed by atoms with van der Waals surface area (Å²) >= 11 is 0.759. The number of imide groups is 1. The SMILES string of the molecule is CCOc1ccc(NC(=O)CN2C(=O)S/C(=C\c3cc4c(cc3OC)OCO4)C2=O)cc1. The summed E-state index contributed by atoms with van der Waals surface area (Å²) in [6, 6.07) is 10.1. The maximum atomic E-state index is 12.8. The second-order valence-electron chi connectivity index (χ2n) is 6.72. The maximum Gasteiger partial charge on any atom is 0.294 e. The van der Waals surface area contributed by atoms with Crippen LogP contribution in [-0.2, 0) is 9.59 Å². The predicted octanol–water partition coefficient (Wildman–Crippen LogP) is 3.50. The van der Waals surface area contributed by atoms with E-state index in [0.29, 0.717) is 40.9 Å². The minimum Gasteiger partial charge on any atom is -0.496 e. The molecular formula is C22H20N2O7S. The molecule has 0 radical (unpaired) electrons. The lowest BCUT2D eigenvalue weighted by molar-refractivity contribution is -0.127. The van der Waals surface area contributed by atoms with Gasteiger partial charge in [-0.25, -0.2) is 0 Å². The van der Waals surface area contributed by atoms with Crippen LogP contribution in [0.5, 0.6) is 23.0 Å². The molecule has 4 rings (SSSR count). The van der Waals surface area contributed by atoms with Gasteiger partial charge in [0.2, 0.25) is 12.7 Å². The Labute approximate surface area is 188 Å². The van der Waals surface area contributed by atoms with Crippen molar-refractivity contribution < 1.29 is 33.3 Å². The molecule has 2 aliphatic rings. The molecule has 0 spiro atoms. The van der Waals surface area contributed by atoms with Crippen molar-refractivity contribution in [2.75, 3.05) is 32.4 Å². The maximum absolute atomic E-state index is 12.8. The van der Waals surface area contributed by atoms with Crippen LogP contribution < -0.4 is 24.3 Å². The zero-order valence-electron chi connectivity index (χ0n) is 17.4. The largest absolute Gasteiger partial charge is 0.496 e. The van der Waals surface area contributed by atoms with Crippen LogP contribution in [0.1, 0.15) is 12.5 Å². The molecule has 0 aromatic heterocycles. The van der Waals surface area contributed by atoms with Gasteiger partial charge in [0, 0.05) is 17.3 Å². The molecule has 0 aliphatic carbocycles. The first-order chi connectivity index (χ1) is 15.5. The van der Waals surface area contributed by atoms with Gasteiger partial charge in [0.25, 0.3) is 11.1 Å². The van der Waals surface area contributed by atoms with Gasteiger partial charge in [0.05, 0.1) is 18.6 Å². The first-order valence-electron chi connectivity index (χ1n) is 9.74. The molecule has 2 aliphatic heterocycles. The van der Waals surface area contributed by atoms with E-state index in [9.17, 15) is 14.4 Å². The minimum atomic E-state index is -0.554. The van der Waals surface area contributed by atoms with Gasteiger partial charge in [-0.1, -0.05) is 0 Å². The Hall–Kier alpha value is -3.66. The van der Waals surface area contributed by atoms with Crippen molar-refractivity contribution in [1.82, 2.24) is 4.90 Å². The first kappa shape index (κ1) is 21.6. The van der Waals surface area contributed by atoms with E-state index in [1.54, 1.807) is 36.4 Å². The summed E-state index contributed by atoms with van der Waals surface area (Å²) in [6.07, 6.45) is 1.54. The molecule has 0 atom stereocenters. The molecule has 10 heteroatoms. The molecule has 166 valence electrons. The van der Waals surface area contributed by atoms with Crippen molar-refractivity contribution in [2.45, 2.75) is 6.92 Å². The summed E-state index contributed by atoms with van der Waals surface area (Å²) in [5, 5.41) is 2.15. The lowest BCUT2D eigenvalue weighted by Gasteiger charge is -2.13. The van der Waals surface area contributed by atoms with Crippen LogP contribution >= 0.6 is 11.8 Å². The predicted molar refractivity (Wildman–Crippen MR) is 118 cm³/mol. The average molecular weight is 456 g/mol. The molecule has 1 fully saturated rings. The minimum absolute atomic E-state index is 0.0991. The van der Waals surface area contributed by atoms with Crippen molar-refractivity contribution in [3.63, 3.8) is 0 Å². The Morgan fingerprint density at radius 3 is 2.59 bits per heavy atom. The first-order valence-corrected chi connectivity index (χ1v) is 10.6. The highest BCUT2D eigenvalue weighted by molar-refractivity contribution is 8.18. The van der Waals surface area contributed by atoms with Crippen LogP contribution in [-0.4, -0.2) is 49.0 Å². The summed E-state index contributed by atoms with van der Waals surface area (Å²) in [5.74, 6) is 1.17. The van der Waals surface area contributed by atoms with Crippen molar-refractivity contribution >= 4 is 40.6 Å². The molecule has 0 unspecified atom stereocenters. The Balaban J connectivity index is 1.45. The highest BCUT2D eigenvalue weighted by Crippen LogP contribution is 2.40. The number of methoxy groups -OCH3 is 1. The number of anilines is 1. The van der Waals surface area contributed by atoms with E-state index >= 15 is 0 Å². The number of amides is 3. The highest BCUT2D eigenvalue weighted by Gasteiger charge is 2.36. The number of ether oxygens (including phenoxy) is 4. The zero-order chi connectivity index (χ0) is 22.7. The lowest BCUT2D eigenvalue weighted by atomic mass is 10.1. The Morgan fingerprint density at radius 2 is 1.91 bits per heavy atom. The Kier molecular flexibility index (Phi) is 6.22. The van der Waals surface area contributed by atoms with Crippen LogP contribution in [0, 0.1) is 0 Å². The van der Waals surface area contributed by atoms with Crippen molar-refractivity contribution in [3.8, 4) is 23.0 Å². The van der Waals surface area contributed by atoms with E-state index in [4.69, 9.17) is 18.9 Å². The number of fused-ring (bicyclic) bond motifs is 1. The second kappa shape index (κ2) is 9.23. The van der Waals surface area contributed by atoms with Crippen LogP contribution in [0.2, 0.25) is 0 Å². The van der Waals surface area contributed by atoms with Gasteiger partial charge in [-0.3, -0.25) is 19.3 Å². The fraction of sp³-hybridized carbons (Fsp3) is 0.227. The van der Waals surface area contributed by atoms with Gasteiger partial charge in [-0.2, -0.15) is 0 Å². The third kappa shape index (κ3) is 4.50. The number of rotatable bonds is 7. The summed E-state index contributed by atoms with van der Waals surface area (Å²) in [4.78, 5) is 38.6. The van der Waals surface area contributed by atoms with Gasteiger partial charge < -0.3 is 24.3 Å². The molecule has 32 heavy (non-hydrogen) atoms. The standard InChI is InChI=1S/C22H20N2O7S/c1-3-29-15-6-4-14(5-7-15)23-20(25)11-24-21(26)19(32-22(24)27)9-13-8-17-18(31-12-30-17)10-16(13)28-2/h4-10H,3,11-12H2,1-2H3,(H,23,25)/b19-9-. The number of hydrogen-bond acceptors (Lipinski definition) is 8. The van der Waals surface area contributed by atoms with E-state index in [2.05, 4.69) is 5.32 Å². The third-order valence-electron chi connectivity index (χ3n) is 4.64. The van der Waals surface area contributed by atoms with E-state index < -0.39 is 23.6 Å². The zero-order valence-corrected chi connectivity index (χ0v) is 18.2. The van der Waals surface area contributed by atoms with E-state index in [1.165, 1.54) is 13.2 Å². The molecule has 9 nitrogen and oxygen atoms in total. The van der Waals surface area contributed by atoms with Crippen LogP contribution in [0.3, 0.4) is 0 Å². The van der Waals surface area contributed by atoms with E-state index in [1.807, 2.05) is 6.92 Å². The topological polar surface area (TPSA) is 103 Å². The molecule has 1 saturated heterocycles. The summed E-state index contributed by atoms with van der Waals surface area (Å²) in [7, 11) is 1.49. The highest BCUT2D eigenvalue weighted by atomic mass is 32.2. The summed E-state index contributed by atoms with van der Waals surface area (Å²) < 4.78 is 21.4. The van der Waals surface area contributed by atoms with E-state index in [0.717, 1.165) is 16.7 Å². The number of benzene rings is 2. The van der Waals surface area contributed by atoms with Crippen LogP contribution in [0.4, 0.5) is 10.5 Å². The average Bonchev–Trinajstić information content (AvgIpc) is 3.34. The van der Waals surface area contributed by atoms with Crippen LogP contribution in [0.25, 0.3) is 6.08 Å². The number of nitrogens with one attached hydrogen (secondary N) is 1. The fourth-order valence-electron chi connectivity index (χ4n) is 3.15. The molecule has 2 aromatic carbocycles.